The number of hydrogen-bond acceptors (Lipinski definition) is 4. The van der Waals surface area contributed by atoms with Crippen molar-refractivity contribution in [3.8, 4) is 17.2 Å². The van der Waals surface area contributed by atoms with Crippen LogP contribution in [0.2, 0.25) is 0 Å². The van der Waals surface area contributed by atoms with Gasteiger partial charge in [-0.15, -0.1) is 0 Å². The molecule has 0 aromatic heterocycles. The average Bonchev–Trinajstić information content (AvgIpc) is 2.49. The Morgan fingerprint density at radius 1 is 1.24 bits per heavy atom. The van der Waals surface area contributed by atoms with Crippen molar-refractivity contribution in [2.24, 2.45) is 0 Å². The number of fused-ring (bicyclic) bond motifs is 1. The van der Waals surface area contributed by atoms with E-state index in [1.807, 2.05) is 25.1 Å². The molecule has 3 rings (SSSR count). The lowest BCUT2D eigenvalue weighted by atomic mass is 10.2. The maximum absolute atomic E-state index is 12.2. The predicted molar refractivity (Wildman–Crippen MR) is 77.8 cm³/mol. The molecule has 5 nitrogen and oxygen atoms in total. The maximum atomic E-state index is 12.2. The van der Waals surface area contributed by atoms with E-state index in [1.54, 1.807) is 24.3 Å². The summed E-state index contributed by atoms with van der Waals surface area (Å²) in [5, 5.41) is 12.5. The first-order valence-corrected chi connectivity index (χ1v) is 6.62. The van der Waals surface area contributed by atoms with Crippen molar-refractivity contribution in [2.75, 3.05) is 11.9 Å². The number of ether oxygens (including phenoxy) is 2. The van der Waals surface area contributed by atoms with Crippen LogP contribution in [-0.4, -0.2) is 23.7 Å². The molecule has 0 aliphatic carbocycles. The van der Waals surface area contributed by atoms with Gasteiger partial charge in [-0.2, -0.15) is 0 Å². The molecule has 2 N–H and O–H groups in total. The third-order valence-corrected chi connectivity index (χ3v) is 3.21. The molecule has 0 spiro atoms. The van der Waals surface area contributed by atoms with Crippen LogP contribution in [0.5, 0.6) is 17.2 Å². The second-order valence-corrected chi connectivity index (χ2v) is 4.87. The molecule has 1 atom stereocenters. The van der Waals surface area contributed by atoms with Gasteiger partial charge in [0.15, 0.2) is 11.5 Å². The number of phenolic OH excluding ortho intramolecular Hbond substituents is 1. The van der Waals surface area contributed by atoms with Gasteiger partial charge in [-0.1, -0.05) is 18.2 Å². The zero-order chi connectivity index (χ0) is 14.8. The van der Waals surface area contributed by atoms with Crippen molar-refractivity contribution in [1.29, 1.82) is 0 Å². The molecule has 0 saturated carbocycles. The minimum atomic E-state index is -0.749. The molecule has 0 fully saturated rings. The summed E-state index contributed by atoms with van der Waals surface area (Å²) < 4.78 is 11.1. The quantitative estimate of drug-likeness (QED) is 0.832. The van der Waals surface area contributed by atoms with Crippen molar-refractivity contribution in [3.05, 3.63) is 48.0 Å². The number of carbonyl (C=O) groups is 1. The lowest BCUT2D eigenvalue weighted by Crippen LogP contribution is -2.40. The molecule has 108 valence electrons. The highest BCUT2D eigenvalue weighted by Crippen LogP contribution is 2.31. The van der Waals surface area contributed by atoms with Gasteiger partial charge in [-0.05, 0) is 36.8 Å². The topological polar surface area (TPSA) is 67.8 Å². The van der Waals surface area contributed by atoms with Crippen LogP contribution >= 0.6 is 0 Å². The van der Waals surface area contributed by atoms with Crippen LogP contribution in [0.3, 0.4) is 0 Å². The molecule has 21 heavy (non-hydrogen) atoms. The van der Waals surface area contributed by atoms with E-state index in [0.717, 1.165) is 5.56 Å². The van der Waals surface area contributed by atoms with Crippen LogP contribution in [0.4, 0.5) is 5.69 Å². The molecule has 1 aliphatic rings. The second-order valence-electron chi connectivity index (χ2n) is 4.87. The minimum Gasteiger partial charge on any atom is -0.506 e. The number of rotatable bonds is 2. The summed E-state index contributed by atoms with van der Waals surface area (Å²) >= 11 is 0. The monoisotopic (exact) mass is 285 g/mol. The first-order valence-electron chi connectivity index (χ1n) is 6.62. The van der Waals surface area contributed by atoms with E-state index >= 15 is 0 Å². The van der Waals surface area contributed by atoms with E-state index in [1.165, 1.54) is 0 Å². The predicted octanol–water partition coefficient (Wildman–Crippen LogP) is 2.48. The molecule has 2 aromatic rings. The zero-order valence-corrected chi connectivity index (χ0v) is 11.5. The molecule has 0 bridgehead atoms. The van der Waals surface area contributed by atoms with Gasteiger partial charge in [0.2, 0.25) is 6.10 Å². The van der Waals surface area contributed by atoms with E-state index in [4.69, 9.17) is 9.47 Å². The summed E-state index contributed by atoms with van der Waals surface area (Å²) in [6, 6.07) is 12.2. The number of nitrogens with one attached hydrogen (secondary N) is 1. The summed E-state index contributed by atoms with van der Waals surface area (Å²) in [5.41, 5.74) is 1.27. The zero-order valence-electron chi connectivity index (χ0n) is 11.5. The normalized spacial score (nSPS) is 16.3. The van der Waals surface area contributed by atoms with Crippen molar-refractivity contribution >= 4 is 11.6 Å². The van der Waals surface area contributed by atoms with Crippen LogP contribution < -0.4 is 14.8 Å². The molecule has 0 saturated heterocycles. The fourth-order valence-electron chi connectivity index (χ4n) is 2.11. The number of hydrogen-bond donors (Lipinski definition) is 2. The van der Waals surface area contributed by atoms with Gasteiger partial charge in [-0.25, -0.2) is 0 Å². The van der Waals surface area contributed by atoms with Gasteiger partial charge in [0.25, 0.3) is 5.91 Å². The van der Waals surface area contributed by atoms with E-state index in [2.05, 4.69) is 5.32 Å². The number of amides is 1. The van der Waals surface area contributed by atoms with Gasteiger partial charge >= 0.3 is 0 Å². The maximum Gasteiger partial charge on any atom is 0.269 e. The third kappa shape index (κ3) is 2.76. The Bertz CT molecular complexity index is 684. The van der Waals surface area contributed by atoms with Crippen LogP contribution in [-0.2, 0) is 4.79 Å². The fraction of sp³-hybridized carbons (Fsp3) is 0.188. The molecular formula is C16H15NO4. The van der Waals surface area contributed by atoms with E-state index in [0.29, 0.717) is 17.2 Å². The molecule has 1 heterocycles. The summed E-state index contributed by atoms with van der Waals surface area (Å²) in [6.45, 7) is 2.00. The summed E-state index contributed by atoms with van der Waals surface area (Å²) in [4.78, 5) is 12.2. The summed E-state index contributed by atoms with van der Waals surface area (Å²) in [6.07, 6.45) is -0.749. The first-order chi connectivity index (χ1) is 10.1. The van der Waals surface area contributed by atoms with E-state index in [9.17, 15) is 9.90 Å². The van der Waals surface area contributed by atoms with Gasteiger partial charge < -0.3 is 19.9 Å². The number of aryl methyl sites for hydroxylation is 1. The molecule has 2 aromatic carbocycles. The lowest BCUT2D eigenvalue weighted by molar-refractivity contribution is -0.125. The molecule has 5 heteroatoms. The Morgan fingerprint density at radius 2 is 2.00 bits per heavy atom. The molecule has 0 radical (unpaired) electrons. The van der Waals surface area contributed by atoms with Gasteiger partial charge in [-0.3, -0.25) is 4.79 Å². The molecule has 1 unspecified atom stereocenters. The Kier molecular flexibility index (Phi) is 3.39. The third-order valence-electron chi connectivity index (χ3n) is 3.21. The number of para-hydroxylation sites is 2. The number of carbonyl (C=O) groups excluding carboxylic acids is 1. The van der Waals surface area contributed by atoms with Crippen LogP contribution in [0.15, 0.2) is 42.5 Å². The number of anilines is 1. The Morgan fingerprint density at radius 3 is 2.76 bits per heavy atom. The standard InChI is InChI=1S/C16H15NO4/c1-10-6-7-11(12(18)8-10)17-16(19)15-9-20-13-4-2-3-5-14(13)21-15/h2-8,15,18H,9H2,1H3,(H,17,19). The van der Waals surface area contributed by atoms with Crippen LogP contribution in [0.25, 0.3) is 0 Å². The van der Waals surface area contributed by atoms with Gasteiger partial charge in [0, 0.05) is 0 Å². The van der Waals surface area contributed by atoms with Crippen molar-refractivity contribution in [2.45, 2.75) is 13.0 Å². The average molecular weight is 285 g/mol. The number of phenols is 1. The largest absolute Gasteiger partial charge is 0.506 e. The van der Waals surface area contributed by atoms with Gasteiger partial charge in [0.05, 0.1) is 5.69 Å². The highest BCUT2D eigenvalue weighted by Gasteiger charge is 2.27. The van der Waals surface area contributed by atoms with E-state index in [-0.39, 0.29) is 18.3 Å². The lowest BCUT2D eigenvalue weighted by Gasteiger charge is -2.25. The minimum absolute atomic E-state index is 0.0282. The summed E-state index contributed by atoms with van der Waals surface area (Å²) in [7, 11) is 0. The number of aromatic hydroxyl groups is 1. The Balaban J connectivity index is 1.72. The van der Waals surface area contributed by atoms with Crippen LogP contribution in [0, 0.1) is 6.92 Å². The van der Waals surface area contributed by atoms with Gasteiger partial charge in [0.1, 0.15) is 12.4 Å². The molecule has 1 amide bonds. The van der Waals surface area contributed by atoms with Crippen molar-refractivity contribution < 1.29 is 19.4 Å². The molecular weight excluding hydrogens is 270 g/mol. The van der Waals surface area contributed by atoms with Crippen molar-refractivity contribution in [3.63, 3.8) is 0 Å². The molecule has 1 aliphatic heterocycles. The number of benzene rings is 2. The highest BCUT2D eigenvalue weighted by molar-refractivity contribution is 5.96. The smallest absolute Gasteiger partial charge is 0.269 e. The SMILES string of the molecule is Cc1ccc(NC(=O)C2COc3ccccc3O2)c(O)c1. The van der Waals surface area contributed by atoms with Crippen molar-refractivity contribution in [1.82, 2.24) is 0 Å². The Labute approximate surface area is 122 Å². The Hall–Kier alpha value is -2.69. The summed E-state index contributed by atoms with van der Waals surface area (Å²) in [5.74, 6) is 0.834. The van der Waals surface area contributed by atoms with E-state index < -0.39 is 6.10 Å². The highest BCUT2D eigenvalue weighted by atomic mass is 16.6. The van der Waals surface area contributed by atoms with Crippen LogP contribution in [0.1, 0.15) is 5.56 Å². The fourth-order valence-corrected chi connectivity index (χ4v) is 2.11. The second kappa shape index (κ2) is 5.36. The first kappa shape index (κ1) is 13.3.